The van der Waals surface area contributed by atoms with E-state index in [1.807, 2.05) is 36.4 Å². The van der Waals surface area contributed by atoms with Crippen LogP contribution in [0.5, 0.6) is 0 Å². The SMILES string of the molecule is [2H]c1c([2H])c([2H])c(-c2c([2H])c([2H])c3oc4c([2H])c([2H])c([2H])c(-c5c6ccccc6c(-c6c([2H])c([2H])c(-c7ccc8ccccc8c7)c([2H])c6[2H])c6ccccc56)c4c3c2[2H])c([2H])c1[2H]. The van der Waals surface area contributed by atoms with E-state index >= 15 is 0 Å². The summed E-state index contributed by atoms with van der Waals surface area (Å²) in [4.78, 5) is 0. The van der Waals surface area contributed by atoms with Gasteiger partial charge in [0.05, 0.1) is 20.6 Å². The minimum Gasteiger partial charge on any atom is -0.456 e. The first kappa shape index (κ1) is 16.6. The van der Waals surface area contributed by atoms with Gasteiger partial charge in [-0.25, -0.2) is 0 Å². The first-order chi connectivity index (χ1) is 30.6. The zero-order valence-corrected chi connectivity index (χ0v) is 25.6. The Balaban J connectivity index is 1.34. The lowest BCUT2D eigenvalue weighted by molar-refractivity contribution is 0.669. The lowest BCUT2D eigenvalue weighted by Gasteiger charge is -2.18. The van der Waals surface area contributed by atoms with Crippen LogP contribution in [0.15, 0.2) is 186 Å². The molecule has 1 aromatic heterocycles. The highest BCUT2D eigenvalue weighted by Crippen LogP contribution is 2.47. The highest BCUT2D eigenvalue weighted by molar-refractivity contribution is 6.25. The third-order valence-electron chi connectivity index (χ3n) is 8.92. The summed E-state index contributed by atoms with van der Waals surface area (Å²) in [6.07, 6.45) is 0. The molecule has 9 aromatic carbocycles. The number of benzene rings is 9. The fourth-order valence-electron chi connectivity index (χ4n) is 6.73. The van der Waals surface area contributed by atoms with Crippen molar-refractivity contribution in [1.82, 2.24) is 0 Å². The van der Waals surface area contributed by atoms with Crippen LogP contribution < -0.4 is 0 Å². The van der Waals surface area contributed by atoms with Crippen LogP contribution in [0.3, 0.4) is 0 Å². The summed E-state index contributed by atoms with van der Waals surface area (Å²) in [5.41, 5.74) is -0.126. The molecule has 10 rings (SSSR count). The van der Waals surface area contributed by atoms with Crippen LogP contribution in [0, 0.1) is 0 Å². The molecule has 1 heteroatoms. The Bertz CT molecular complexity index is 3630. The first-order valence-corrected chi connectivity index (χ1v) is 15.6. The molecule has 0 saturated carbocycles. The Hall–Kier alpha value is -6.44. The Morgan fingerprint density at radius 1 is 0.388 bits per heavy atom. The van der Waals surface area contributed by atoms with Crippen molar-refractivity contribution >= 4 is 54.3 Å². The van der Waals surface area contributed by atoms with Crippen LogP contribution in [0.25, 0.3) is 98.8 Å². The minimum absolute atomic E-state index is 0.0116. The van der Waals surface area contributed by atoms with E-state index in [9.17, 15) is 8.22 Å². The van der Waals surface area contributed by atoms with Crippen LogP contribution in [0.2, 0.25) is 0 Å². The predicted molar refractivity (Wildman–Crippen MR) is 208 cm³/mol. The Morgan fingerprint density at radius 3 is 1.73 bits per heavy atom. The molecule has 0 aliphatic rings. The molecule has 0 atom stereocenters. The van der Waals surface area contributed by atoms with Gasteiger partial charge in [-0.05, 0) is 101 Å². The zero-order chi connectivity index (χ0) is 45.4. The Kier molecular flexibility index (Phi) is 3.75. The third kappa shape index (κ3) is 4.47. The van der Waals surface area contributed by atoms with E-state index in [2.05, 4.69) is 0 Å². The molecule has 0 aliphatic heterocycles. The molecule has 0 bridgehead atoms. The number of hydrogen-bond acceptors (Lipinski definition) is 1. The van der Waals surface area contributed by atoms with Crippen LogP contribution in [-0.2, 0) is 0 Å². The van der Waals surface area contributed by atoms with E-state index in [0.29, 0.717) is 38.2 Å². The number of hydrogen-bond donors (Lipinski definition) is 0. The van der Waals surface area contributed by atoms with Crippen LogP contribution >= 0.6 is 0 Å². The zero-order valence-electron chi connectivity index (χ0n) is 40.6. The molecule has 0 aliphatic carbocycles. The van der Waals surface area contributed by atoms with E-state index in [1.54, 1.807) is 54.6 Å². The monoisotopic (exact) mass is 637 g/mol. The summed E-state index contributed by atoms with van der Waals surface area (Å²) >= 11 is 0. The lowest BCUT2D eigenvalue weighted by atomic mass is 9.84. The van der Waals surface area contributed by atoms with Gasteiger partial charge in [0.15, 0.2) is 0 Å². The summed E-state index contributed by atoms with van der Waals surface area (Å²) in [5.74, 6) is 0. The van der Waals surface area contributed by atoms with Gasteiger partial charge in [0.2, 0.25) is 0 Å². The molecule has 0 amide bonds. The third-order valence-corrected chi connectivity index (χ3v) is 8.92. The number of fused-ring (bicyclic) bond motifs is 6. The average molecular weight is 638 g/mol. The van der Waals surface area contributed by atoms with Crippen LogP contribution in [0.1, 0.15) is 20.6 Å². The summed E-state index contributed by atoms with van der Waals surface area (Å²) < 4.78 is 141. The van der Waals surface area contributed by atoms with E-state index in [4.69, 9.17) is 16.8 Å². The highest BCUT2D eigenvalue weighted by atomic mass is 16.3. The second kappa shape index (κ2) is 11.1. The van der Waals surface area contributed by atoms with Gasteiger partial charge < -0.3 is 4.42 Å². The summed E-state index contributed by atoms with van der Waals surface area (Å²) in [6.45, 7) is 0. The summed E-state index contributed by atoms with van der Waals surface area (Å²) in [6, 6.07) is 19.2. The fourth-order valence-corrected chi connectivity index (χ4v) is 6.73. The smallest absolute Gasteiger partial charge is 0.136 e. The van der Waals surface area contributed by atoms with E-state index in [1.165, 1.54) is 0 Å². The van der Waals surface area contributed by atoms with E-state index in [0.717, 1.165) is 10.8 Å². The molecule has 0 fully saturated rings. The van der Waals surface area contributed by atoms with Crippen molar-refractivity contribution in [2.45, 2.75) is 0 Å². The minimum atomic E-state index is -0.706. The molecule has 49 heavy (non-hydrogen) atoms. The van der Waals surface area contributed by atoms with E-state index < -0.39 is 77.6 Å². The highest BCUT2D eigenvalue weighted by Gasteiger charge is 2.20. The van der Waals surface area contributed by atoms with Gasteiger partial charge >= 0.3 is 0 Å². The maximum atomic E-state index is 9.59. The summed E-state index contributed by atoms with van der Waals surface area (Å²) in [5, 5.41) is 3.41. The largest absolute Gasteiger partial charge is 0.456 e. The Labute approximate surface area is 305 Å². The molecule has 0 N–H and O–H groups in total. The standard InChI is InChI=1S/C48H30O/c1-2-11-31(12-3-1)37-27-28-44-43(30-37)48-42(19-10-20-45(48)49-44)47-40-17-8-6-15-38(40)46(39-16-7-9-18-41(39)47)34-24-21-33(22-25-34)36-26-23-32-13-4-5-14-35(32)29-36/h1-30H/i1D,2D,3D,10D,11D,12D,19D,20D,21D,22D,24D,25D,27D,28D,30D. The van der Waals surface area contributed by atoms with Gasteiger partial charge in [-0.3, -0.25) is 0 Å². The van der Waals surface area contributed by atoms with Crippen molar-refractivity contribution in [1.29, 1.82) is 0 Å². The van der Waals surface area contributed by atoms with Gasteiger partial charge in [0.25, 0.3) is 0 Å². The molecule has 1 heterocycles. The summed E-state index contributed by atoms with van der Waals surface area (Å²) in [7, 11) is 0. The molecule has 10 aromatic rings. The number of furan rings is 1. The quantitative estimate of drug-likeness (QED) is 0.175. The van der Waals surface area contributed by atoms with Crippen molar-refractivity contribution in [3.05, 3.63) is 182 Å². The van der Waals surface area contributed by atoms with Crippen molar-refractivity contribution in [3.63, 3.8) is 0 Å². The lowest BCUT2D eigenvalue weighted by Crippen LogP contribution is -1.91. The van der Waals surface area contributed by atoms with E-state index in [-0.39, 0.29) is 62.8 Å². The molecule has 0 spiro atoms. The van der Waals surface area contributed by atoms with Crippen LogP contribution in [0.4, 0.5) is 0 Å². The molecule has 0 radical (unpaired) electrons. The van der Waals surface area contributed by atoms with Gasteiger partial charge in [-0.2, -0.15) is 0 Å². The van der Waals surface area contributed by atoms with Gasteiger partial charge in [-0.15, -0.1) is 0 Å². The predicted octanol–water partition coefficient (Wildman–Crippen LogP) is 13.7. The van der Waals surface area contributed by atoms with Crippen molar-refractivity contribution in [2.24, 2.45) is 0 Å². The number of rotatable bonds is 4. The van der Waals surface area contributed by atoms with Crippen molar-refractivity contribution in [2.75, 3.05) is 0 Å². The van der Waals surface area contributed by atoms with Gasteiger partial charge in [0, 0.05) is 10.8 Å². The molecular formula is C48H30O. The molecule has 0 saturated heterocycles. The molecule has 1 nitrogen and oxygen atoms in total. The molecule has 228 valence electrons. The molecule has 0 unspecified atom stereocenters. The fraction of sp³-hybridized carbons (Fsp3) is 0. The maximum absolute atomic E-state index is 9.59. The van der Waals surface area contributed by atoms with Crippen LogP contribution in [-0.4, -0.2) is 0 Å². The normalized spacial score (nSPS) is 16.0. The van der Waals surface area contributed by atoms with Crippen molar-refractivity contribution in [3.8, 4) is 44.5 Å². The second-order valence-electron chi connectivity index (χ2n) is 11.7. The topological polar surface area (TPSA) is 13.1 Å². The van der Waals surface area contributed by atoms with Gasteiger partial charge in [-0.1, -0.05) is 157 Å². The molecular weight excluding hydrogens is 593 g/mol. The average Bonchev–Trinajstić information content (AvgIpc) is 3.70. The first-order valence-electron chi connectivity index (χ1n) is 23.1. The second-order valence-corrected chi connectivity index (χ2v) is 11.7. The Morgan fingerprint density at radius 2 is 1.00 bits per heavy atom. The maximum Gasteiger partial charge on any atom is 0.136 e. The van der Waals surface area contributed by atoms with Gasteiger partial charge in [0.1, 0.15) is 11.2 Å². The van der Waals surface area contributed by atoms with Crippen molar-refractivity contribution < 1.29 is 25.0 Å².